The Balaban J connectivity index is 3.00. The third kappa shape index (κ3) is 2.11. The number of carbonyl (C=O) groups is 1. The van der Waals surface area contributed by atoms with Gasteiger partial charge in [-0.2, -0.15) is 0 Å². The molecule has 1 rings (SSSR count). The van der Waals surface area contributed by atoms with E-state index in [0.29, 0.717) is 5.76 Å². The summed E-state index contributed by atoms with van der Waals surface area (Å²) in [4.78, 5) is 15.1. The van der Waals surface area contributed by atoms with Crippen molar-refractivity contribution in [3.05, 3.63) is 23.7 Å². The van der Waals surface area contributed by atoms with Crippen molar-refractivity contribution in [2.24, 2.45) is 10.9 Å². The van der Waals surface area contributed by atoms with Crippen molar-refractivity contribution in [3.63, 3.8) is 0 Å². The number of carboxylic acids is 1. The topological polar surface area (TPSA) is 98.0 Å². The molecule has 14 heavy (non-hydrogen) atoms. The zero-order chi connectivity index (χ0) is 10.6. The number of rotatable bonds is 4. The number of aliphatic carboxylic acids is 1. The molecule has 0 aliphatic carbocycles. The van der Waals surface area contributed by atoms with Crippen LogP contribution >= 0.6 is 0 Å². The number of carboxylic acid groups (broad SMARTS) is 1. The highest BCUT2D eigenvalue weighted by Gasteiger charge is 2.17. The van der Waals surface area contributed by atoms with Gasteiger partial charge >= 0.3 is 5.97 Å². The lowest BCUT2D eigenvalue weighted by atomic mass is 10.3. The third-order valence-electron chi connectivity index (χ3n) is 1.48. The molecule has 0 saturated heterocycles. The number of nitrogens with two attached hydrogens (primary N) is 1. The van der Waals surface area contributed by atoms with Crippen LogP contribution in [-0.2, 0) is 16.2 Å². The van der Waals surface area contributed by atoms with Crippen LogP contribution in [0.15, 0.2) is 21.7 Å². The number of furan rings is 1. The largest absolute Gasteiger partial charge is 0.476 e. The number of hydrogen-bond donors (Lipinski definition) is 2. The Labute approximate surface area is 79.9 Å². The maximum atomic E-state index is 10.7. The van der Waals surface area contributed by atoms with Crippen LogP contribution in [0.5, 0.6) is 0 Å². The van der Waals surface area contributed by atoms with Crippen LogP contribution in [-0.4, -0.2) is 23.9 Å². The second-order valence-corrected chi connectivity index (χ2v) is 2.40. The van der Waals surface area contributed by atoms with Crippen molar-refractivity contribution in [2.75, 3.05) is 7.11 Å². The molecule has 6 heteroatoms. The van der Waals surface area contributed by atoms with Crippen LogP contribution in [0.1, 0.15) is 11.5 Å². The highest BCUT2D eigenvalue weighted by molar-refractivity contribution is 6.41. The highest BCUT2D eigenvalue weighted by Crippen LogP contribution is 2.08. The SMILES string of the molecule is CO/N=C(\C(=O)O)c1ccc(CN)o1. The van der Waals surface area contributed by atoms with Gasteiger partial charge in [-0.3, -0.25) is 0 Å². The van der Waals surface area contributed by atoms with E-state index in [9.17, 15) is 4.79 Å². The Morgan fingerprint density at radius 2 is 2.43 bits per heavy atom. The summed E-state index contributed by atoms with van der Waals surface area (Å²) in [5, 5.41) is 12.1. The van der Waals surface area contributed by atoms with Crippen LogP contribution in [0, 0.1) is 0 Å². The van der Waals surface area contributed by atoms with E-state index in [0.717, 1.165) is 0 Å². The summed E-state index contributed by atoms with van der Waals surface area (Å²) in [5.74, 6) is -0.602. The van der Waals surface area contributed by atoms with Crippen LogP contribution in [0.2, 0.25) is 0 Å². The van der Waals surface area contributed by atoms with Crippen LogP contribution < -0.4 is 5.73 Å². The zero-order valence-electron chi connectivity index (χ0n) is 7.56. The highest BCUT2D eigenvalue weighted by atomic mass is 16.6. The molecule has 0 radical (unpaired) electrons. The van der Waals surface area contributed by atoms with Gasteiger partial charge in [0, 0.05) is 0 Å². The van der Waals surface area contributed by atoms with E-state index < -0.39 is 5.97 Å². The fraction of sp³-hybridized carbons (Fsp3) is 0.250. The van der Waals surface area contributed by atoms with Crippen molar-refractivity contribution in [3.8, 4) is 0 Å². The van der Waals surface area contributed by atoms with E-state index >= 15 is 0 Å². The van der Waals surface area contributed by atoms with Crippen molar-refractivity contribution >= 4 is 11.7 Å². The van der Waals surface area contributed by atoms with Gasteiger partial charge in [0.1, 0.15) is 12.9 Å². The second-order valence-electron chi connectivity index (χ2n) is 2.40. The van der Waals surface area contributed by atoms with Gasteiger partial charge in [-0.15, -0.1) is 0 Å². The predicted octanol–water partition coefficient (Wildman–Crippen LogP) is 0.173. The van der Waals surface area contributed by atoms with E-state index in [1.54, 1.807) is 6.07 Å². The molecule has 0 spiro atoms. The fourth-order valence-corrected chi connectivity index (χ4v) is 0.896. The summed E-state index contributed by atoms with van der Waals surface area (Å²) < 4.78 is 5.09. The lowest BCUT2D eigenvalue weighted by Crippen LogP contribution is -2.14. The second kappa shape index (κ2) is 4.43. The van der Waals surface area contributed by atoms with Gasteiger partial charge < -0.3 is 20.1 Å². The first-order valence-corrected chi connectivity index (χ1v) is 3.82. The Morgan fingerprint density at radius 3 is 2.86 bits per heavy atom. The fourth-order valence-electron chi connectivity index (χ4n) is 0.896. The average Bonchev–Trinajstić information content (AvgIpc) is 2.61. The Morgan fingerprint density at radius 1 is 1.71 bits per heavy atom. The van der Waals surface area contributed by atoms with Gasteiger partial charge in [-0.05, 0) is 12.1 Å². The molecule has 0 bridgehead atoms. The summed E-state index contributed by atoms with van der Waals surface area (Å²) in [6.07, 6.45) is 0. The molecule has 1 aromatic rings. The van der Waals surface area contributed by atoms with Crippen molar-refractivity contribution in [2.45, 2.75) is 6.54 Å². The smallest absolute Gasteiger partial charge is 0.361 e. The molecule has 0 saturated carbocycles. The van der Waals surface area contributed by atoms with Gasteiger partial charge in [0.2, 0.25) is 5.71 Å². The summed E-state index contributed by atoms with van der Waals surface area (Å²) in [6, 6.07) is 3.07. The maximum Gasteiger partial charge on any atom is 0.361 e. The number of oxime groups is 1. The Hall–Kier alpha value is -1.82. The predicted molar refractivity (Wildman–Crippen MR) is 47.8 cm³/mol. The van der Waals surface area contributed by atoms with Crippen molar-refractivity contribution < 1.29 is 19.2 Å². The van der Waals surface area contributed by atoms with E-state index in [1.807, 2.05) is 0 Å². The molecule has 0 aliphatic rings. The molecule has 0 amide bonds. The summed E-state index contributed by atoms with van der Waals surface area (Å²) in [7, 11) is 1.26. The average molecular weight is 198 g/mol. The van der Waals surface area contributed by atoms with Crippen LogP contribution in [0.4, 0.5) is 0 Å². The van der Waals surface area contributed by atoms with E-state index in [-0.39, 0.29) is 18.0 Å². The molecule has 76 valence electrons. The lowest BCUT2D eigenvalue weighted by Gasteiger charge is -1.95. The molecule has 6 nitrogen and oxygen atoms in total. The summed E-state index contributed by atoms with van der Waals surface area (Å²) >= 11 is 0. The molecule has 1 heterocycles. The molecule has 3 N–H and O–H groups in total. The van der Waals surface area contributed by atoms with E-state index in [2.05, 4.69) is 9.99 Å². The Kier molecular flexibility index (Phi) is 3.24. The first-order valence-electron chi connectivity index (χ1n) is 3.82. The molecule has 0 aromatic carbocycles. The monoisotopic (exact) mass is 198 g/mol. The van der Waals surface area contributed by atoms with Gasteiger partial charge in [-0.1, -0.05) is 5.16 Å². The zero-order valence-corrected chi connectivity index (χ0v) is 7.56. The Bertz CT molecular complexity index is 356. The number of nitrogens with zero attached hydrogens (tertiary/aromatic N) is 1. The van der Waals surface area contributed by atoms with Gasteiger partial charge in [0.15, 0.2) is 5.76 Å². The van der Waals surface area contributed by atoms with E-state index in [1.165, 1.54) is 13.2 Å². The molecular formula is C8H10N2O4. The first-order chi connectivity index (χ1) is 6.69. The third-order valence-corrected chi connectivity index (χ3v) is 1.48. The standard InChI is InChI=1S/C8H10N2O4/c1-13-10-7(8(11)12)6-3-2-5(4-9)14-6/h2-3H,4,9H2,1H3,(H,11,12)/b10-7-. The minimum atomic E-state index is -1.22. The summed E-state index contributed by atoms with van der Waals surface area (Å²) in [6.45, 7) is 0.208. The van der Waals surface area contributed by atoms with Gasteiger partial charge in [0.05, 0.1) is 6.54 Å². The molecule has 1 aromatic heterocycles. The molecule has 0 atom stereocenters. The van der Waals surface area contributed by atoms with Crippen LogP contribution in [0.3, 0.4) is 0 Å². The lowest BCUT2D eigenvalue weighted by molar-refractivity contribution is -0.129. The van der Waals surface area contributed by atoms with Crippen LogP contribution in [0.25, 0.3) is 0 Å². The molecule has 0 fully saturated rings. The van der Waals surface area contributed by atoms with Crippen molar-refractivity contribution in [1.29, 1.82) is 0 Å². The molecular weight excluding hydrogens is 188 g/mol. The minimum absolute atomic E-state index is 0.125. The first kappa shape index (κ1) is 10.3. The van der Waals surface area contributed by atoms with Gasteiger partial charge in [-0.25, -0.2) is 4.79 Å². The normalized spacial score (nSPS) is 11.4. The number of hydrogen-bond acceptors (Lipinski definition) is 5. The quantitative estimate of drug-likeness (QED) is 0.531. The van der Waals surface area contributed by atoms with Gasteiger partial charge in [0.25, 0.3) is 0 Å². The van der Waals surface area contributed by atoms with E-state index in [4.69, 9.17) is 15.3 Å². The van der Waals surface area contributed by atoms with Crippen molar-refractivity contribution in [1.82, 2.24) is 0 Å². The molecule has 0 unspecified atom stereocenters. The maximum absolute atomic E-state index is 10.7. The summed E-state index contributed by atoms with van der Waals surface area (Å²) in [5.41, 5.74) is 5.02. The molecule has 0 aliphatic heterocycles. The minimum Gasteiger partial charge on any atom is -0.476 e.